The van der Waals surface area contributed by atoms with Crippen LogP contribution >= 0.6 is 0 Å². The van der Waals surface area contributed by atoms with Crippen LogP contribution in [0.4, 0.5) is 0 Å². The van der Waals surface area contributed by atoms with Crippen molar-refractivity contribution in [3.63, 3.8) is 0 Å². The first kappa shape index (κ1) is 14.3. The fraction of sp³-hybridized carbons (Fsp3) is 1.00. The van der Waals surface area contributed by atoms with Crippen LogP contribution in [-0.2, 0) is 4.74 Å². The Balaban J connectivity index is 1.70. The highest BCUT2D eigenvalue weighted by atomic mass is 16.5. The molecule has 2 aliphatic heterocycles. The zero-order chi connectivity index (χ0) is 12.8. The lowest BCUT2D eigenvalue weighted by molar-refractivity contribution is 0.00175. The van der Waals surface area contributed by atoms with E-state index in [0.717, 1.165) is 31.6 Å². The fourth-order valence-electron chi connectivity index (χ4n) is 3.18. The van der Waals surface area contributed by atoms with Crippen molar-refractivity contribution < 1.29 is 4.74 Å². The quantitative estimate of drug-likeness (QED) is 0.813. The largest absolute Gasteiger partial charge is 0.380 e. The highest BCUT2D eigenvalue weighted by Gasteiger charge is 2.27. The maximum atomic E-state index is 5.63. The maximum absolute atomic E-state index is 5.63. The second-order valence-electron chi connectivity index (χ2n) is 6.43. The molecule has 0 radical (unpaired) electrons. The standard InChI is InChI=1S/C15H30N2O/c1-13(2)9-16-10-14-5-3-7-17(11-14)15-6-4-8-18-12-15/h13-16H,3-12H2,1-2H3. The molecule has 0 aromatic carbocycles. The smallest absolute Gasteiger partial charge is 0.0621 e. The number of ether oxygens (including phenoxy) is 1. The van der Waals surface area contributed by atoms with E-state index in [0.29, 0.717) is 6.04 Å². The molecular formula is C15H30N2O. The van der Waals surface area contributed by atoms with Crippen molar-refractivity contribution in [3.05, 3.63) is 0 Å². The van der Waals surface area contributed by atoms with Crippen molar-refractivity contribution in [1.29, 1.82) is 0 Å². The Morgan fingerprint density at radius 1 is 1.28 bits per heavy atom. The van der Waals surface area contributed by atoms with Gasteiger partial charge in [-0.2, -0.15) is 0 Å². The summed E-state index contributed by atoms with van der Waals surface area (Å²) in [6.45, 7) is 11.4. The van der Waals surface area contributed by atoms with Crippen molar-refractivity contribution in [2.45, 2.75) is 45.6 Å². The Morgan fingerprint density at radius 2 is 2.17 bits per heavy atom. The first-order valence-corrected chi connectivity index (χ1v) is 7.78. The third kappa shape index (κ3) is 4.52. The monoisotopic (exact) mass is 254 g/mol. The van der Waals surface area contributed by atoms with Gasteiger partial charge in [-0.15, -0.1) is 0 Å². The molecule has 2 aliphatic rings. The van der Waals surface area contributed by atoms with Crippen molar-refractivity contribution in [2.24, 2.45) is 11.8 Å². The van der Waals surface area contributed by atoms with Gasteiger partial charge in [-0.3, -0.25) is 4.90 Å². The minimum atomic E-state index is 0.701. The number of nitrogens with zero attached hydrogens (tertiary/aromatic N) is 1. The lowest BCUT2D eigenvalue weighted by Crippen LogP contribution is -2.48. The molecule has 0 bridgehead atoms. The second kappa shape index (κ2) is 7.46. The van der Waals surface area contributed by atoms with Crippen LogP contribution in [0.3, 0.4) is 0 Å². The van der Waals surface area contributed by atoms with E-state index in [9.17, 15) is 0 Å². The van der Waals surface area contributed by atoms with Crippen molar-refractivity contribution in [2.75, 3.05) is 39.4 Å². The van der Waals surface area contributed by atoms with E-state index in [2.05, 4.69) is 24.1 Å². The highest BCUT2D eigenvalue weighted by Crippen LogP contribution is 2.22. The minimum absolute atomic E-state index is 0.701. The predicted molar refractivity (Wildman–Crippen MR) is 75.8 cm³/mol. The zero-order valence-electron chi connectivity index (χ0n) is 12.2. The first-order valence-electron chi connectivity index (χ1n) is 7.78. The minimum Gasteiger partial charge on any atom is -0.380 e. The normalized spacial score (nSPS) is 30.8. The van der Waals surface area contributed by atoms with Crippen LogP contribution in [0.2, 0.25) is 0 Å². The van der Waals surface area contributed by atoms with E-state index in [-0.39, 0.29) is 0 Å². The molecule has 0 aromatic heterocycles. The van der Waals surface area contributed by atoms with Gasteiger partial charge in [0.25, 0.3) is 0 Å². The summed E-state index contributed by atoms with van der Waals surface area (Å²) < 4.78 is 5.63. The van der Waals surface area contributed by atoms with Gasteiger partial charge in [0.2, 0.25) is 0 Å². The Bertz CT molecular complexity index is 227. The summed E-state index contributed by atoms with van der Waals surface area (Å²) in [5.74, 6) is 1.61. The Morgan fingerprint density at radius 3 is 2.89 bits per heavy atom. The molecule has 2 unspecified atom stereocenters. The summed E-state index contributed by atoms with van der Waals surface area (Å²) in [7, 11) is 0. The summed E-state index contributed by atoms with van der Waals surface area (Å²) in [5, 5.41) is 3.62. The molecule has 0 spiro atoms. The van der Waals surface area contributed by atoms with Gasteiger partial charge in [0, 0.05) is 19.2 Å². The molecule has 0 aromatic rings. The van der Waals surface area contributed by atoms with Crippen LogP contribution in [0.15, 0.2) is 0 Å². The number of nitrogens with one attached hydrogen (secondary N) is 1. The number of piperidine rings is 1. The fourth-order valence-corrected chi connectivity index (χ4v) is 3.18. The average molecular weight is 254 g/mol. The lowest BCUT2D eigenvalue weighted by atomic mass is 9.95. The molecule has 0 aliphatic carbocycles. The van der Waals surface area contributed by atoms with Crippen molar-refractivity contribution >= 4 is 0 Å². The van der Waals surface area contributed by atoms with Gasteiger partial charge in [0.05, 0.1) is 6.61 Å². The zero-order valence-corrected chi connectivity index (χ0v) is 12.2. The molecule has 18 heavy (non-hydrogen) atoms. The van der Waals surface area contributed by atoms with Gasteiger partial charge >= 0.3 is 0 Å². The average Bonchev–Trinajstić information content (AvgIpc) is 2.40. The van der Waals surface area contributed by atoms with Crippen LogP contribution in [0, 0.1) is 11.8 Å². The molecule has 2 atom stereocenters. The van der Waals surface area contributed by atoms with Gasteiger partial charge in [-0.25, -0.2) is 0 Å². The van der Waals surface area contributed by atoms with Gasteiger partial charge in [-0.1, -0.05) is 13.8 Å². The van der Waals surface area contributed by atoms with Gasteiger partial charge in [0.15, 0.2) is 0 Å². The van der Waals surface area contributed by atoms with E-state index >= 15 is 0 Å². The van der Waals surface area contributed by atoms with E-state index < -0.39 is 0 Å². The topological polar surface area (TPSA) is 24.5 Å². The van der Waals surface area contributed by atoms with Gasteiger partial charge < -0.3 is 10.1 Å². The Hall–Kier alpha value is -0.120. The molecule has 3 nitrogen and oxygen atoms in total. The first-order chi connectivity index (χ1) is 8.75. The van der Waals surface area contributed by atoms with Crippen molar-refractivity contribution in [1.82, 2.24) is 10.2 Å². The van der Waals surface area contributed by atoms with E-state index in [1.807, 2.05) is 0 Å². The van der Waals surface area contributed by atoms with Crippen LogP contribution < -0.4 is 5.32 Å². The second-order valence-corrected chi connectivity index (χ2v) is 6.43. The third-order valence-corrected chi connectivity index (χ3v) is 4.19. The Kier molecular flexibility index (Phi) is 5.93. The summed E-state index contributed by atoms with van der Waals surface area (Å²) in [4.78, 5) is 2.68. The number of likely N-dealkylation sites (tertiary alicyclic amines) is 1. The SMILES string of the molecule is CC(C)CNCC1CCCN(C2CCCOC2)C1. The molecule has 106 valence electrons. The van der Waals surface area contributed by atoms with Gasteiger partial charge in [0.1, 0.15) is 0 Å². The number of rotatable bonds is 5. The summed E-state index contributed by atoms with van der Waals surface area (Å²) in [5.41, 5.74) is 0. The number of hydrogen-bond acceptors (Lipinski definition) is 3. The van der Waals surface area contributed by atoms with Crippen LogP contribution in [-0.4, -0.2) is 50.3 Å². The molecular weight excluding hydrogens is 224 g/mol. The summed E-state index contributed by atoms with van der Waals surface area (Å²) >= 11 is 0. The molecule has 2 heterocycles. The van der Waals surface area contributed by atoms with E-state index in [1.165, 1.54) is 45.3 Å². The molecule has 3 heteroatoms. The van der Waals surface area contributed by atoms with E-state index in [4.69, 9.17) is 4.74 Å². The van der Waals surface area contributed by atoms with E-state index in [1.54, 1.807) is 0 Å². The molecule has 0 saturated carbocycles. The third-order valence-electron chi connectivity index (χ3n) is 4.19. The maximum Gasteiger partial charge on any atom is 0.0621 e. The highest BCUT2D eigenvalue weighted by molar-refractivity contribution is 4.81. The van der Waals surface area contributed by atoms with Crippen LogP contribution in [0.25, 0.3) is 0 Å². The molecule has 2 rings (SSSR count). The molecule has 2 saturated heterocycles. The van der Waals surface area contributed by atoms with Gasteiger partial charge in [-0.05, 0) is 57.2 Å². The Labute approximate surface area is 112 Å². The van der Waals surface area contributed by atoms with Crippen molar-refractivity contribution in [3.8, 4) is 0 Å². The lowest BCUT2D eigenvalue weighted by Gasteiger charge is -2.40. The summed E-state index contributed by atoms with van der Waals surface area (Å²) in [6, 6.07) is 0.701. The molecule has 1 N–H and O–H groups in total. The van der Waals surface area contributed by atoms with Crippen LogP contribution in [0.1, 0.15) is 39.5 Å². The molecule has 0 amide bonds. The molecule has 2 fully saturated rings. The van der Waals surface area contributed by atoms with Crippen LogP contribution in [0.5, 0.6) is 0 Å². The number of hydrogen-bond donors (Lipinski definition) is 1. The predicted octanol–water partition coefficient (Wildman–Crippen LogP) is 2.12. The summed E-state index contributed by atoms with van der Waals surface area (Å²) in [6.07, 6.45) is 5.35.